The van der Waals surface area contributed by atoms with E-state index in [0.29, 0.717) is 5.69 Å². The summed E-state index contributed by atoms with van der Waals surface area (Å²) in [5, 5.41) is 0. The van der Waals surface area contributed by atoms with Crippen LogP contribution in [0.5, 0.6) is 0 Å². The molecular weight excluding hydrogens is 212 g/mol. The molecule has 3 heteroatoms. The lowest BCUT2D eigenvalue weighted by molar-refractivity contribution is 0.0761. The molecule has 1 amide bonds. The molecule has 0 unspecified atom stereocenters. The molecule has 1 saturated heterocycles. The topological polar surface area (TPSA) is 46.3 Å². The van der Waals surface area contributed by atoms with Crippen LogP contribution >= 0.6 is 0 Å². The van der Waals surface area contributed by atoms with E-state index in [-0.39, 0.29) is 5.91 Å². The molecule has 1 fully saturated rings. The van der Waals surface area contributed by atoms with Gasteiger partial charge in [-0.1, -0.05) is 18.9 Å². The van der Waals surface area contributed by atoms with E-state index in [1.54, 1.807) is 6.07 Å². The van der Waals surface area contributed by atoms with E-state index in [4.69, 9.17) is 5.73 Å². The number of hydrogen-bond donors (Lipinski definition) is 1. The first kappa shape index (κ1) is 12.0. The van der Waals surface area contributed by atoms with Gasteiger partial charge in [0.1, 0.15) is 0 Å². The summed E-state index contributed by atoms with van der Waals surface area (Å²) >= 11 is 0. The average Bonchev–Trinajstić information content (AvgIpc) is 2.60. The Morgan fingerprint density at radius 2 is 1.82 bits per heavy atom. The zero-order chi connectivity index (χ0) is 12.3. The molecule has 2 rings (SSSR count). The van der Waals surface area contributed by atoms with E-state index < -0.39 is 0 Å². The smallest absolute Gasteiger partial charge is 0.253 e. The van der Waals surface area contributed by atoms with Gasteiger partial charge in [-0.3, -0.25) is 4.79 Å². The number of likely N-dealkylation sites (tertiary alicyclic amines) is 1. The molecular formula is C14H20N2O. The molecule has 1 aromatic carbocycles. The third-order valence-electron chi connectivity index (χ3n) is 3.42. The zero-order valence-electron chi connectivity index (χ0n) is 10.4. The number of nitrogen functional groups attached to an aromatic ring is 1. The Kier molecular flexibility index (Phi) is 3.67. The molecule has 1 aromatic rings. The van der Waals surface area contributed by atoms with Crippen LogP contribution in [0.2, 0.25) is 0 Å². The summed E-state index contributed by atoms with van der Waals surface area (Å²) in [6.07, 6.45) is 4.71. The fourth-order valence-corrected chi connectivity index (χ4v) is 2.23. The molecule has 0 spiro atoms. The Morgan fingerprint density at radius 3 is 2.41 bits per heavy atom. The number of benzene rings is 1. The quantitative estimate of drug-likeness (QED) is 0.756. The van der Waals surface area contributed by atoms with Crippen LogP contribution in [0.25, 0.3) is 0 Å². The van der Waals surface area contributed by atoms with Crippen LogP contribution in [0.4, 0.5) is 5.69 Å². The van der Waals surface area contributed by atoms with E-state index in [9.17, 15) is 4.79 Å². The van der Waals surface area contributed by atoms with Crippen LogP contribution in [-0.4, -0.2) is 23.9 Å². The Balaban J connectivity index is 2.14. The summed E-state index contributed by atoms with van der Waals surface area (Å²) in [6, 6.07) is 5.59. The van der Waals surface area contributed by atoms with Gasteiger partial charge >= 0.3 is 0 Å². The van der Waals surface area contributed by atoms with Crippen LogP contribution in [0.1, 0.15) is 41.6 Å². The van der Waals surface area contributed by atoms with Gasteiger partial charge in [-0.05, 0) is 37.5 Å². The van der Waals surface area contributed by atoms with Crippen LogP contribution in [0.15, 0.2) is 18.2 Å². The highest BCUT2D eigenvalue weighted by molar-refractivity contribution is 5.95. The molecule has 0 bridgehead atoms. The van der Waals surface area contributed by atoms with Gasteiger partial charge in [0.2, 0.25) is 0 Å². The van der Waals surface area contributed by atoms with Gasteiger partial charge in [-0.25, -0.2) is 0 Å². The summed E-state index contributed by atoms with van der Waals surface area (Å²) in [5.41, 5.74) is 8.29. The minimum absolute atomic E-state index is 0.124. The largest absolute Gasteiger partial charge is 0.398 e. The first-order valence-electron chi connectivity index (χ1n) is 6.34. The second-order valence-corrected chi connectivity index (χ2v) is 4.78. The third kappa shape index (κ3) is 2.78. The summed E-state index contributed by atoms with van der Waals surface area (Å²) in [6.45, 7) is 3.72. The second-order valence-electron chi connectivity index (χ2n) is 4.78. The van der Waals surface area contributed by atoms with E-state index in [1.165, 1.54) is 12.8 Å². The van der Waals surface area contributed by atoms with Crippen molar-refractivity contribution in [1.82, 2.24) is 4.90 Å². The molecule has 92 valence electrons. The molecule has 2 N–H and O–H groups in total. The SMILES string of the molecule is Cc1ccc(C(=O)N2CCCCCC2)cc1N. The Hall–Kier alpha value is -1.51. The normalized spacial score (nSPS) is 16.6. The lowest BCUT2D eigenvalue weighted by Gasteiger charge is -2.20. The predicted molar refractivity (Wildman–Crippen MR) is 70.0 cm³/mol. The van der Waals surface area contributed by atoms with Gasteiger partial charge < -0.3 is 10.6 Å². The van der Waals surface area contributed by atoms with Crippen LogP contribution in [0.3, 0.4) is 0 Å². The molecule has 17 heavy (non-hydrogen) atoms. The molecule has 1 aliphatic heterocycles. The van der Waals surface area contributed by atoms with Crippen molar-refractivity contribution < 1.29 is 4.79 Å². The van der Waals surface area contributed by atoms with Crippen molar-refractivity contribution in [2.24, 2.45) is 0 Å². The van der Waals surface area contributed by atoms with Crippen molar-refractivity contribution in [2.45, 2.75) is 32.6 Å². The molecule has 0 saturated carbocycles. The number of nitrogens with zero attached hydrogens (tertiary/aromatic N) is 1. The zero-order valence-corrected chi connectivity index (χ0v) is 10.4. The molecule has 1 heterocycles. The van der Waals surface area contributed by atoms with Crippen LogP contribution < -0.4 is 5.73 Å². The molecule has 0 aliphatic carbocycles. The molecule has 3 nitrogen and oxygen atoms in total. The van der Waals surface area contributed by atoms with Crippen LogP contribution in [0, 0.1) is 6.92 Å². The molecule has 1 aliphatic rings. The van der Waals surface area contributed by atoms with Crippen molar-refractivity contribution in [1.29, 1.82) is 0 Å². The monoisotopic (exact) mass is 232 g/mol. The Morgan fingerprint density at radius 1 is 1.18 bits per heavy atom. The van der Waals surface area contributed by atoms with Crippen molar-refractivity contribution in [3.8, 4) is 0 Å². The maximum atomic E-state index is 12.3. The first-order chi connectivity index (χ1) is 8.18. The summed E-state index contributed by atoms with van der Waals surface area (Å²) < 4.78 is 0. The fourth-order valence-electron chi connectivity index (χ4n) is 2.23. The number of nitrogens with two attached hydrogens (primary N) is 1. The molecule has 0 aromatic heterocycles. The molecule has 0 atom stereocenters. The summed E-state index contributed by atoms with van der Waals surface area (Å²) in [5.74, 6) is 0.124. The van der Waals surface area contributed by atoms with E-state index >= 15 is 0 Å². The highest BCUT2D eigenvalue weighted by Gasteiger charge is 2.17. The fraction of sp³-hybridized carbons (Fsp3) is 0.500. The van der Waals surface area contributed by atoms with Gasteiger partial charge in [-0.15, -0.1) is 0 Å². The van der Waals surface area contributed by atoms with E-state index in [0.717, 1.165) is 37.1 Å². The van der Waals surface area contributed by atoms with E-state index in [2.05, 4.69) is 0 Å². The number of rotatable bonds is 1. The van der Waals surface area contributed by atoms with Crippen molar-refractivity contribution in [3.63, 3.8) is 0 Å². The van der Waals surface area contributed by atoms with Gasteiger partial charge in [-0.2, -0.15) is 0 Å². The minimum atomic E-state index is 0.124. The third-order valence-corrected chi connectivity index (χ3v) is 3.42. The van der Waals surface area contributed by atoms with Gasteiger partial charge in [0.05, 0.1) is 0 Å². The highest BCUT2D eigenvalue weighted by atomic mass is 16.2. The first-order valence-corrected chi connectivity index (χ1v) is 6.34. The van der Waals surface area contributed by atoms with Gasteiger partial charge in [0, 0.05) is 24.3 Å². The van der Waals surface area contributed by atoms with Gasteiger partial charge in [0.25, 0.3) is 5.91 Å². The number of aryl methyl sites for hydroxylation is 1. The van der Waals surface area contributed by atoms with Crippen LogP contribution in [-0.2, 0) is 0 Å². The maximum Gasteiger partial charge on any atom is 0.253 e. The van der Waals surface area contributed by atoms with Crippen molar-refractivity contribution >= 4 is 11.6 Å². The summed E-state index contributed by atoms with van der Waals surface area (Å²) in [4.78, 5) is 14.2. The number of hydrogen-bond acceptors (Lipinski definition) is 2. The Labute approximate surface area is 103 Å². The molecule has 0 radical (unpaired) electrons. The number of amides is 1. The maximum absolute atomic E-state index is 12.3. The lowest BCUT2D eigenvalue weighted by atomic mass is 10.1. The van der Waals surface area contributed by atoms with Gasteiger partial charge in [0.15, 0.2) is 0 Å². The predicted octanol–water partition coefficient (Wildman–Crippen LogP) is 2.59. The summed E-state index contributed by atoms with van der Waals surface area (Å²) in [7, 11) is 0. The minimum Gasteiger partial charge on any atom is -0.398 e. The number of carbonyl (C=O) groups is 1. The highest BCUT2D eigenvalue weighted by Crippen LogP contribution is 2.17. The van der Waals surface area contributed by atoms with Crippen molar-refractivity contribution in [2.75, 3.05) is 18.8 Å². The lowest BCUT2D eigenvalue weighted by Crippen LogP contribution is -2.31. The van der Waals surface area contributed by atoms with E-state index in [1.807, 2.05) is 24.0 Å². The Bertz CT molecular complexity index is 407. The average molecular weight is 232 g/mol. The number of carbonyl (C=O) groups excluding carboxylic acids is 1. The number of anilines is 1. The second kappa shape index (κ2) is 5.21. The van der Waals surface area contributed by atoms with Crippen molar-refractivity contribution in [3.05, 3.63) is 29.3 Å². The standard InChI is InChI=1S/C14H20N2O/c1-11-6-7-12(10-13(11)15)14(17)16-8-4-2-3-5-9-16/h6-7,10H,2-5,8-9,15H2,1H3.